The quantitative estimate of drug-likeness (QED) is 0.601. The van der Waals surface area contributed by atoms with E-state index in [-0.39, 0.29) is 6.61 Å². The smallest absolute Gasteiger partial charge is 0.320 e. The van der Waals surface area contributed by atoms with E-state index in [4.69, 9.17) is 5.11 Å². The zero-order valence-electron chi connectivity index (χ0n) is 10.5. The number of unbranched alkanes of at least 4 members (excludes halogenated alkanes) is 2. The molecule has 96 valence electrons. The maximum Gasteiger partial charge on any atom is 0.320 e. The van der Waals surface area contributed by atoms with Crippen molar-refractivity contribution in [2.45, 2.75) is 52.0 Å². The summed E-state index contributed by atoms with van der Waals surface area (Å²) in [5.74, 6) is -0.766. The van der Waals surface area contributed by atoms with E-state index in [9.17, 15) is 9.90 Å². The Morgan fingerprint density at radius 2 is 1.81 bits per heavy atom. The standard InChI is InChI=1S/C12H25NO3/c1-3-5-7-11(12(15)16)13(9-10-14)8-6-4-2/h11,14H,3-10H2,1-2H3,(H,15,16). The molecule has 2 N–H and O–H groups in total. The number of carbonyl (C=O) groups is 1. The minimum atomic E-state index is -0.766. The van der Waals surface area contributed by atoms with Crippen LogP contribution in [0.5, 0.6) is 0 Å². The van der Waals surface area contributed by atoms with Gasteiger partial charge in [-0.15, -0.1) is 0 Å². The lowest BCUT2D eigenvalue weighted by Gasteiger charge is -2.28. The van der Waals surface area contributed by atoms with Gasteiger partial charge in [0, 0.05) is 6.54 Å². The SMILES string of the molecule is CCCCC(C(=O)O)N(CCO)CCCC. The Balaban J connectivity index is 4.32. The molecule has 0 saturated carbocycles. The number of aliphatic hydroxyl groups excluding tert-OH is 1. The first kappa shape index (κ1) is 15.4. The molecule has 0 aliphatic carbocycles. The second kappa shape index (κ2) is 9.60. The lowest BCUT2D eigenvalue weighted by Crippen LogP contribution is -2.43. The van der Waals surface area contributed by atoms with Gasteiger partial charge in [0.05, 0.1) is 6.61 Å². The van der Waals surface area contributed by atoms with Crippen LogP contribution in [0.4, 0.5) is 0 Å². The van der Waals surface area contributed by atoms with Crippen LogP contribution in [0.15, 0.2) is 0 Å². The van der Waals surface area contributed by atoms with Crippen molar-refractivity contribution in [3.8, 4) is 0 Å². The van der Waals surface area contributed by atoms with E-state index in [2.05, 4.69) is 13.8 Å². The fourth-order valence-corrected chi connectivity index (χ4v) is 1.77. The number of hydrogen-bond donors (Lipinski definition) is 2. The normalized spacial score (nSPS) is 13.0. The predicted octanol–water partition coefficient (Wildman–Crippen LogP) is 1.72. The van der Waals surface area contributed by atoms with E-state index >= 15 is 0 Å². The van der Waals surface area contributed by atoms with E-state index < -0.39 is 12.0 Å². The summed E-state index contributed by atoms with van der Waals surface area (Å²) in [7, 11) is 0. The van der Waals surface area contributed by atoms with Gasteiger partial charge in [0.15, 0.2) is 0 Å². The zero-order valence-corrected chi connectivity index (χ0v) is 10.5. The molecule has 0 bridgehead atoms. The van der Waals surface area contributed by atoms with Crippen molar-refractivity contribution in [3.63, 3.8) is 0 Å². The molecule has 4 heteroatoms. The van der Waals surface area contributed by atoms with Crippen LogP contribution in [0, 0.1) is 0 Å². The summed E-state index contributed by atoms with van der Waals surface area (Å²) in [5, 5.41) is 18.1. The number of aliphatic carboxylic acids is 1. The van der Waals surface area contributed by atoms with E-state index in [0.29, 0.717) is 13.0 Å². The number of nitrogens with zero attached hydrogens (tertiary/aromatic N) is 1. The number of carboxylic acid groups (broad SMARTS) is 1. The first-order valence-electron chi connectivity index (χ1n) is 6.25. The summed E-state index contributed by atoms with van der Waals surface area (Å²) in [5.41, 5.74) is 0. The van der Waals surface area contributed by atoms with Crippen LogP contribution in [-0.2, 0) is 4.79 Å². The van der Waals surface area contributed by atoms with Gasteiger partial charge in [-0.3, -0.25) is 9.69 Å². The van der Waals surface area contributed by atoms with Crippen LogP contribution in [-0.4, -0.2) is 46.8 Å². The Morgan fingerprint density at radius 3 is 2.25 bits per heavy atom. The molecular formula is C12H25NO3. The van der Waals surface area contributed by atoms with Crippen LogP contribution >= 0.6 is 0 Å². The number of rotatable bonds is 10. The second-order valence-electron chi connectivity index (χ2n) is 4.11. The highest BCUT2D eigenvalue weighted by atomic mass is 16.4. The minimum Gasteiger partial charge on any atom is -0.480 e. The van der Waals surface area contributed by atoms with Gasteiger partial charge in [-0.05, 0) is 19.4 Å². The Hall–Kier alpha value is -0.610. The van der Waals surface area contributed by atoms with Gasteiger partial charge in [0.25, 0.3) is 0 Å². The molecule has 0 aromatic heterocycles. The lowest BCUT2D eigenvalue weighted by molar-refractivity contribution is -0.143. The Bertz CT molecular complexity index is 185. The number of carboxylic acids is 1. The van der Waals surface area contributed by atoms with Crippen LogP contribution in [0.1, 0.15) is 46.0 Å². The van der Waals surface area contributed by atoms with Crippen LogP contribution in [0.25, 0.3) is 0 Å². The van der Waals surface area contributed by atoms with E-state index in [1.807, 2.05) is 4.90 Å². The van der Waals surface area contributed by atoms with Crippen molar-refractivity contribution >= 4 is 5.97 Å². The molecule has 0 aromatic rings. The van der Waals surface area contributed by atoms with Gasteiger partial charge in [-0.1, -0.05) is 33.1 Å². The van der Waals surface area contributed by atoms with E-state index in [1.54, 1.807) is 0 Å². The third-order valence-electron chi connectivity index (χ3n) is 2.74. The molecule has 1 atom stereocenters. The Labute approximate surface area is 98.3 Å². The highest BCUT2D eigenvalue weighted by molar-refractivity contribution is 5.73. The maximum atomic E-state index is 11.2. The van der Waals surface area contributed by atoms with E-state index in [0.717, 1.165) is 32.2 Å². The average molecular weight is 231 g/mol. The molecule has 0 amide bonds. The van der Waals surface area contributed by atoms with Crippen molar-refractivity contribution in [2.24, 2.45) is 0 Å². The fourth-order valence-electron chi connectivity index (χ4n) is 1.77. The molecule has 0 spiro atoms. The van der Waals surface area contributed by atoms with Gasteiger partial charge in [0.1, 0.15) is 6.04 Å². The Morgan fingerprint density at radius 1 is 1.19 bits per heavy atom. The zero-order chi connectivity index (χ0) is 12.4. The van der Waals surface area contributed by atoms with Crippen molar-refractivity contribution in [1.82, 2.24) is 4.90 Å². The Kier molecular flexibility index (Phi) is 9.24. The molecule has 0 saturated heterocycles. The van der Waals surface area contributed by atoms with Crippen LogP contribution < -0.4 is 0 Å². The molecule has 0 aromatic carbocycles. The summed E-state index contributed by atoms with van der Waals surface area (Å²) >= 11 is 0. The molecule has 1 unspecified atom stereocenters. The summed E-state index contributed by atoms with van der Waals surface area (Å²) in [6, 6.07) is -0.432. The fraction of sp³-hybridized carbons (Fsp3) is 0.917. The van der Waals surface area contributed by atoms with Gasteiger partial charge < -0.3 is 10.2 Å². The molecule has 0 aliphatic rings. The highest BCUT2D eigenvalue weighted by Gasteiger charge is 2.23. The van der Waals surface area contributed by atoms with Crippen LogP contribution in [0.2, 0.25) is 0 Å². The first-order chi connectivity index (χ1) is 7.67. The largest absolute Gasteiger partial charge is 0.480 e. The summed E-state index contributed by atoms with van der Waals surface area (Å²) < 4.78 is 0. The maximum absolute atomic E-state index is 11.2. The third kappa shape index (κ3) is 6.08. The molecule has 4 nitrogen and oxygen atoms in total. The number of aliphatic hydroxyl groups is 1. The minimum absolute atomic E-state index is 0.0274. The van der Waals surface area contributed by atoms with Crippen molar-refractivity contribution in [1.29, 1.82) is 0 Å². The molecule has 0 radical (unpaired) electrons. The molecule has 0 rings (SSSR count). The number of hydrogen-bond acceptors (Lipinski definition) is 3. The molecule has 0 aliphatic heterocycles. The molecule has 0 heterocycles. The van der Waals surface area contributed by atoms with Crippen molar-refractivity contribution in [2.75, 3.05) is 19.7 Å². The summed E-state index contributed by atoms with van der Waals surface area (Å²) in [6.45, 7) is 5.39. The molecule has 0 fully saturated rings. The first-order valence-corrected chi connectivity index (χ1v) is 6.25. The van der Waals surface area contributed by atoms with Crippen LogP contribution in [0.3, 0.4) is 0 Å². The van der Waals surface area contributed by atoms with Gasteiger partial charge in [0.2, 0.25) is 0 Å². The predicted molar refractivity (Wildman–Crippen MR) is 64.5 cm³/mol. The lowest BCUT2D eigenvalue weighted by atomic mass is 10.1. The van der Waals surface area contributed by atoms with Crippen molar-refractivity contribution in [3.05, 3.63) is 0 Å². The summed E-state index contributed by atoms with van der Waals surface area (Å²) in [6.07, 6.45) is 4.63. The highest BCUT2D eigenvalue weighted by Crippen LogP contribution is 2.10. The second-order valence-corrected chi connectivity index (χ2v) is 4.11. The third-order valence-corrected chi connectivity index (χ3v) is 2.74. The monoisotopic (exact) mass is 231 g/mol. The topological polar surface area (TPSA) is 60.8 Å². The summed E-state index contributed by atoms with van der Waals surface area (Å²) in [4.78, 5) is 13.1. The molecule has 16 heavy (non-hydrogen) atoms. The average Bonchev–Trinajstić information content (AvgIpc) is 2.25. The van der Waals surface area contributed by atoms with E-state index in [1.165, 1.54) is 0 Å². The van der Waals surface area contributed by atoms with Gasteiger partial charge >= 0.3 is 5.97 Å². The molecular weight excluding hydrogens is 206 g/mol. The van der Waals surface area contributed by atoms with Gasteiger partial charge in [-0.2, -0.15) is 0 Å². The van der Waals surface area contributed by atoms with Gasteiger partial charge in [-0.25, -0.2) is 0 Å². The van der Waals surface area contributed by atoms with Crippen molar-refractivity contribution < 1.29 is 15.0 Å².